The van der Waals surface area contributed by atoms with Crippen LogP contribution in [0, 0.1) is 6.92 Å². The SMILES string of the molecule is Cc1ccccc1-c1nc(OC(C)C)nn1-c1ccc(NC(=O)c2ccccc2Cl)cc1. The van der Waals surface area contributed by atoms with Crippen molar-refractivity contribution in [2.75, 3.05) is 5.32 Å². The molecule has 4 rings (SSSR count). The lowest BCUT2D eigenvalue weighted by atomic mass is 10.1. The zero-order chi connectivity index (χ0) is 22.7. The Morgan fingerprint density at radius 1 is 1.00 bits per heavy atom. The molecule has 1 aromatic heterocycles. The van der Waals surface area contributed by atoms with Gasteiger partial charge in [-0.2, -0.15) is 4.98 Å². The summed E-state index contributed by atoms with van der Waals surface area (Å²) in [6, 6.07) is 22.6. The normalized spacial score (nSPS) is 10.9. The highest BCUT2D eigenvalue weighted by Crippen LogP contribution is 2.27. The Morgan fingerprint density at radius 3 is 2.38 bits per heavy atom. The fourth-order valence-corrected chi connectivity index (χ4v) is 3.48. The molecule has 6 nitrogen and oxygen atoms in total. The van der Waals surface area contributed by atoms with Gasteiger partial charge in [-0.25, -0.2) is 4.68 Å². The first-order valence-electron chi connectivity index (χ1n) is 10.3. The second kappa shape index (κ2) is 9.24. The zero-order valence-electron chi connectivity index (χ0n) is 18.0. The fourth-order valence-electron chi connectivity index (χ4n) is 3.26. The summed E-state index contributed by atoms with van der Waals surface area (Å²) in [5.41, 5.74) is 3.92. The van der Waals surface area contributed by atoms with Crippen molar-refractivity contribution >= 4 is 23.2 Å². The molecule has 0 spiro atoms. The van der Waals surface area contributed by atoms with Crippen LogP contribution in [-0.4, -0.2) is 26.8 Å². The third-order valence-corrected chi connectivity index (χ3v) is 5.13. The van der Waals surface area contributed by atoms with Gasteiger partial charge in [0.05, 0.1) is 22.4 Å². The molecule has 0 radical (unpaired) electrons. The van der Waals surface area contributed by atoms with Gasteiger partial charge in [0.2, 0.25) is 0 Å². The number of nitrogens with zero attached hydrogens (tertiary/aromatic N) is 3. The zero-order valence-corrected chi connectivity index (χ0v) is 18.8. The van der Waals surface area contributed by atoms with Gasteiger partial charge in [0.15, 0.2) is 5.82 Å². The van der Waals surface area contributed by atoms with Crippen LogP contribution < -0.4 is 10.1 Å². The van der Waals surface area contributed by atoms with Crippen molar-refractivity contribution in [3.05, 3.63) is 88.9 Å². The van der Waals surface area contributed by atoms with Crippen molar-refractivity contribution < 1.29 is 9.53 Å². The van der Waals surface area contributed by atoms with Gasteiger partial charge in [0, 0.05) is 11.3 Å². The average Bonchev–Trinajstić information content (AvgIpc) is 3.17. The first-order valence-corrected chi connectivity index (χ1v) is 10.7. The van der Waals surface area contributed by atoms with Gasteiger partial charge < -0.3 is 10.1 Å². The number of hydrogen-bond donors (Lipinski definition) is 1. The Balaban J connectivity index is 1.65. The van der Waals surface area contributed by atoms with Gasteiger partial charge in [0.1, 0.15) is 0 Å². The number of nitrogens with one attached hydrogen (secondary N) is 1. The maximum Gasteiger partial charge on any atom is 0.336 e. The molecule has 4 aromatic rings. The quantitative estimate of drug-likeness (QED) is 0.398. The molecule has 0 atom stereocenters. The molecular weight excluding hydrogens is 424 g/mol. The summed E-state index contributed by atoms with van der Waals surface area (Å²) in [4.78, 5) is 17.2. The number of halogens is 1. The molecule has 0 aliphatic carbocycles. The molecule has 0 unspecified atom stereocenters. The molecule has 162 valence electrons. The number of amides is 1. The van der Waals surface area contributed by atoms with Crippen LogP contribution in [0.1, 0.15) is 29.8 Å². The first-order chi connectivity index (χ1) is 15.4. The second-order valence-electron chi connectivity index (χ2n) is 7.59. The molecule has 1 N–H and O–H groups in total. The Hall–Kier alpha value is -3.64. The number of hydrogen-bond acceptors (Lipinski definition) is 4. The van der Waals surface area contributed by atoms with Crippen LogP contribution in [0.3, 0.4) is 0 Å². The smallest absolute Gasteiger partial charge is 0.336 e. The van der Waals surface area contributed by atoms with Crippen LogP contribution in [0.25, 0.3) is 17.1 Å². The highest BCUT2D eigenvalue weighted by atomic mass is 35.5. The number of carbonyl (C=O) groups is 1. The maximum atomic E-state index is 12.5. The predicted octanol–water partition coefficient (Wildman–Crippen LogP) is 5.94. The van der Waals surface area contributed by atoms with E-state index < -0.39 is 0 Å². The highest BCUT2D eigenvalue weighted by Gasteiger charge is 2.17. The van der Waals surface area contributed by atoms with Crippen LogP contribution >= 0.6 is 11.6 Å². The van der Waals surface area contributed by atoms with Crippen LogP contribution in [0.4, 0.5) is 5.69 Å². The Kier molecular flexibility index (Phi) is 6.23. The van der Waals surface area contributed by atoms with Gasteiger partial charge >= 0.3 is 6.01 Å². The molecule has 0 saturated carbocycles. The summed E-state index contributed by atoms with van der Waals surface area (Å²) < 4.78 is 7.49. The number of aromatic nitrogens is 3. The van der Waals surface area contributed by atoms with Crippen molar-refractivity contribution in [1.29, 1.82) is 0 Å². The molecule has 1 heterocycles. The van der Waals surface area contributed by atoms with Crippen LogP contribution in [0.15, 0.2) is 72.8 Å². The van der Waals surface area contributed by atoms with E-state index in [0.717, 1.165) is 16.8 Å². The number of anilines is 1. The lowest BCUT2D eigenvalue weighted by molar-refractivity contribution is 0.102. The third-order valence-electron chi connectivity index (χ3n) is 4.80. The molecule has 7 heteroatoms. The van der Waals surface area contributed by atoms with E-state index in [0.29, 0.717) is 28.1 Å². The minimum absolute atomic E-state index is 0.0435. The van der Waals surface area contributed by atoms with E-state index in [1.165, 1.54) is 0 Å². The molecule has 0 aliphatic rings. The van der Waals surface area contributed by atoms with Gasteiger partial charge in [-0.05, 0) is 62.7 Å². The van der Waals surface area contributed by atoms with E-state index >= 15 is 0 Å². The monoisotopic (exact) mass is 446 g/mol. The van der Waals surface area contributed by atoms with Gasteiger partial charge in [-0.15, -0.1) is 5.10 Å². The van der Waals surface area contributed by atoms with E-state index in [4.69, 9.17) is 16.3 Å². The maximum absolute atomic E-state index is 12.5. The van der Waals surface area contributed by atoms with Crippen LogP contribution in [-0.2, 0) is 0 Å². The lowest BCUT2D eigenvalue weighted by Crippen LogP contribution is -2.12. The molecular formula is C25H23ClN4O2. The van der Waals surface area contributed by atoms with Crippen molar-refractivity contribution in [2.45, 2.75) is 26.9 Å². The number of rotatable bonds is 6. The van der Waals surface area contributed by atoms with Crippen molar-refractivity contribution in [3.8, 4) is 23.1 Å². The van der Waals surface area contributed by atoms with E-state index in [2.05, 4.69) is 15.4 Å². The minimum Gasteiger partial charge on any atom is -0.460 e. The first kappa shape index (κ1) is 21.6. The lowest BCUT2D eigenvalue weighted by Gasteiger charge is -2.10. The fraction of sp³-hybridized carbons (Fsp3) is 0.160. The van der Waals surface area contributed by atoms with Gasteiger partial charge in [-0.1, -0.05) is 48.0 Å². The predicted molar refractivity (Wildman–Crippen MR) is 127 cm³/mol. The number of benzene rings is 3. The Morgan fingerprint density at radius 2 is 1.69 bits per heavy atom. The molecule has 0 fully saturated rings. The second-order valence-corrected chi connectivity index (χ2v) is 8.00. The van der Waals surface area contributed by atoms with Gasteiger partial charge in [0.25, 0.3) is 5.91 Å². The summed E-state index contributed by atoms with van der Waals surface area (Å²) in [5.74, 6) is 0.420. The van der Waals surface area contributed by atoms with Crippen molar-refractivity contribution in [2.24, 2.45) is 0 Å². The molecule has 1 amide bonds. The van der Waals surface area contributed by atoms with E-state index in [-0.39, 0.29) is 12.0 Å². The van der Waals surface area contributed by atoms with E-state index in [9.17, 15) is 4.79 Å². The summed E-state index contributed by atoms with van der Waals surface area (Å²) in [5, 5.41) is 7.84. The molecule has 0 saturated heterocycles. The summed E-state index contributed by atoms with van der Waals surface area (Å²) in [7, 11) is 0. The van der Waals surface area contributed by atoms with Crippen molar-refractivity contribution in [3.63, 3.8) is 0 Å². The topological polar surface area (TPSA) is 69.0 Å². The number of ether oxygens (including phenoxy) is 1. The van der Waals surface area contributed by atoms with Gasteiger partial charge in [-0.3, -0.25) is 4.79 Å². The van der Waals surface area contributed by atoms with Crippen molar-refractivity contribution in [1.82, 2.24) is 14.8 Å². The van der Waals surface area contributed by atoms with Crippen LogP contribution in [0.2, 0.25) is 5.02 Å². The Labute approximate surface area is 191 Å². The summed E-state index contributed by atoms with van der Waals surface area (Å²) in [6.07, 6.45) is -0.0435. The average molecular weight is 447 g/mol. The highest BCUT2D eigenvalue weighted by molar-refractivity contribution is 6.34. The number of carbonyl (C=O) groups excluding carboxylic acids is 1. The largest absolute Gasteiger partial charge is 0.460 e. The van der Waals surface area contributed by atoms with E-state index in [1.807, 2.05) is 69.3 Å². The van der Waals surface area contributed by atoms with E-state index in [1.54, 1.807) is 28.9 Å². The molecule has 32 heavy (non-hydrogen) atoms. The Bertz CT molecular complexity index is 1250. The number of aryl methyl sites for hydroxylation is 1. The summed E-state index contributed by atoms with van der Waals surface area (Å²) in [6.45, 7) is 5.90. The summed E-state index contributed by atoms with van der Waals surface area (Å²) >= 11 is 6.13. The molecule has 3 aromatic carbocycles. The molecule has 0 aliphatic heterocycles. The van der Waals surface area contributed by atoms with Crippen LogP contribution in [0.5, 0.6) is 6.01 Å². The third kappa shape index (κ3) is 4.65. The minimum atomic E-state index is -0.266. The molecule has 0 bridgehead atoms. The standard InChI is InChI=1S/C25H23ClN4O2/c1-16(2)32-25-28-23(20-9-5-4-8-17(20)3)30(29-25)19-14-12-18(13-15-19)27-24(31)21-10-6-7-11-22(21)26/h4-16H,1-3H3,(H,27,31).